The Morgan fingerprint density at radius 1 is 1.11 bits per heavy atom. The fourth-order valence-electron chi connectivity index (χ4n) is 3.75. The Morgan fingerprint density at radius 3 is 2.52 bits per heavy atom. The average molecular weight is 388 g/mol. The molecule has 2 aromatic heterocycles. The summed E-state index contributed by atoms with van der Waals surface area (Å²) >= 11 is 1.49. The lowest BCUT2D eigenvalue weighted by molar-refractivity contribution is 0.186. The molecule has 1 N–H and O–H groups in total. The number of ether oxygens (including phenoxy) is 2. The van der Waals surface area contributed by atoms with Crippen LogP contribution in [0.5, 0.6) is 17.4 Å². The first kappa shape index (κ1) is 18.1. The summed E-state index contributed by atoms with van der Waals surface area (Å²) in [5.74, 6) is 2.21. The predicted molar refractivity (Wildman–Crippen MR) is 104 cm³/mol. The summed E-state index contributed by atoms with van der Waals surface area (Å²) in [5, 5.41) is 15.2. The van der Waals surface area contributed by atoms with Gasteiger partial charge in [-0.15, -0.1) is 5.10 Å². The van der Waals surface area contributed by atoms with E-state index in [0.29, 0.717) is 22.3 Å². The predicted octanol–water partition coefficient (Wildman–Crippen LogP) is 3.40. The van der Waals surface area contributed by atoms with Crippen LogP contribution in [0.25, 0.3) is 4.96 Å². The zero-order valence-corrected chi connectivity index (χ0v) is 16.6. The van der Waals surface area contributed by atoms with Gasteiger partial charge in [0.05, 0.1) is 25.1 Å². The second-order valence-corrected chi connectivity index (χ2v) is 7.77. The summed E-state index contributed by atoms with van der Waals surface area (Å²) in [5.41, 5.74) is 1.06. The van der Waals surface area contributed by atoms with Gasteiger partial charge in [0.25, 0.3) is 0 Å². The SMILES string of the molecule is COc1ccc([C@@H](c2sc3nc(C)nn3c2O)N2CCCCC2)cc1OC. The zero-order chi connectivity index (χ0) is 19.0. The molecule has 0 radical (unpaired) electrons. The van der Waals surface area contributed by atoms with Crippen molar-refractivity contribution >= 4 is 16.3 Å². The number of methoxy groups -OCH3 is 2. The molecule has 3 aromatic rings. The molecule has 7 nitrogen and oxygen atoms in total. The first-order chi connectivity index (χ1) is 13.1. The van der Waals surface area contributed by atoms with Gasteiger partial charge in [0.1, 0.15) is 5.82 Å². The molecule has 1 aromatic carbocycles. The lowest BCUT2D eigenvalue weighted by atomic mass is 10.00. The van der Waals surface area contributed by atoms with Gasteiger partial charge in [-0.05, 0) is 50.6 Å². The molecule has 0 spiro atoms. The minimum atomic E-state index is -0.0705. The molecule has 1 aliphatic heterocycles. The minimum Gasteiger partial charge on any atom is -0.493 e. The van der Waals surface area contributed by atoms with Crippen molar-refractivity contribution in [2.75, 3.05) is 27.3 Å². The van der Waals surface area contributed by atoms with Gasteiger partial charge in [-0.25, -0.2) is 4.98 Å². The van der Waals surface area contributed by atoms with E-state index in [0.717, 1.165) is 36.4 Å². The van der Waals surface area contributed by atoms with Gasteiger partial charge >= 0.3 is 0 Å². The zero-order valence-electron chi connectivity index (χ0n) is 15.8. The second-order valence-electron chi connectivity index (χ2n) is 6.76. The van der Waals surface area contributed by atoms with E-state index in [9.17, 15) is 5.11 Å². The summed E-state index contributed by atoms with van der Waals surface area (Å²) in [7, 11) is 3.27. The molecule has 4 rings (SSSR count). The van der Waals surface area contributed by atoms with Crippen LogP contribution in [0, 0.1) is 6.92 Å². The topological polar surface area (TPSA) is 72.1 Å². The van der Waals surface area contributed by atoms with Gasteiger partial charge in [0, 0.05) is 0 Å². The summed E-state index contributed by atoms with van der Waals surface area (Å²) in [6.45, 7) is 3.81. The van der Waals surface area contributed by atoms with Gasteiger partial charge in [-0.1, -0.05) is 23.8 Å². The van der Waals surface area contributed by atoms with Gasteiger partial charge in [0.15, 0.2) is 11.5 Å². The quantitative estimate of drug-likeness (QED) is 0.722. The molecular formula is C19H24N4O3S. The van der Waals surface area contributed by atoms with Crippen molar-refractivity contribution in [2.24, 2.45) is 0 Å². The van der Waals surface area contributed by atoms with Gasteiger partial charge < -0.3 is 14.6 Å². The third kappa shape index (κ3) is 3.23. The van der Waals surface area contributed by atoms with Crippen LogP contribution in [0.1, 0.15) is 41.6 Å². The van der Waals surface area contributed by atoms with Crippen LogP contribution < -0.4 is 9.47 Å². The molecule has 0 saturated carbocycles. The molecule has 1 saturated heterocycles. The number of thiazole rings is 1. The van der Waals surface area contributed by atoms with Crippen LogP contribution in [-0.2, 0) is 0 Å². The van der Waals surface area contributed by atoms with Crippen molar-refractivity contribution in [3.63, 3.8) is 0 Å². The number of hydrogen-bond donors (Lipinski definition) is 1. The van der Waals surface area contributed by atoms with Crippen LogP contribution in [0.15, 0.2) is 18.2 Å². The van der Waals surface area contributed by atoms with Crippen LogP contribution in [-0.4, -0.2) is 51.9 Å². The maximum atomic E-state index is 10.9. The molecule has 0 aliphatic carbocycles. The Balaban J connectivity index is 1.83. The van der Waals surface area contributed by atoms with Crippen molar-refractivity contribution in [3.8, 4) is 17.4 Å². The number of hydrogen-bond acceptors (Lipinski definition) is 7. The summed E-state index contributed by atoms with van der Waals surface area (Å²) in [6.07, 6.45) is 3.56. The molecule has 0 unspecified atom stereocenters. The van der Waals surface area contributed by atoms with Crippen molar-refractivity contribution in [1.82, 2.24) is 19.5 Å². The van der Waals surface area contributed by atoms with Gasteiger partial charge in [-0.2, -0.15) is 4.52 Å². The number of aryl methyl sites for hydroxylation is 1. The number of likely N-dealkylation sites (tertiary alicyclic amines) is 1. The first-order valence-electron chi connectivity index (χ1n) is 9.13. The number of nitrogens with zero attached hydrogens (tertiary/aromatic N) is 4. The lowest BCUT2D eigenvalue weighted by Crippen LogP contribution is -2.34. The standard InChI is InChI=1S/C19H24N4O3S/c1-12-20-19-23(21-12)18(24)17(27-19)16(22-9-5-4-6-10-22)13-7-8-14(25-2)15(11-13)26-3/h7-8,11,16,24H,4-6,9-10H2,1-3H3/t16-/m0/s1. The van der Waals surface area contributed by atoms with Crippen molar-refractivity contribution < 1.29 is 14.6 Å². The number of aromatic hydroxyl groups is 1. The molecular weight excluding hydrogens is 364 g/mol. The van der Waals surface area contributed by atoms with Gasteiger partial charge in [0.2, 0.25) is 10.8 Å². The number of fused-ring (bicyclic) bond motifs is 1. The van der Waals surface area contributed by atoms with Crippen LogP contribution >= 0.6 is 11.3 Å². The van der Waals surface area contributed by atoms with E-state index in [-0.39, 0.29) is 11.9 Å². The van der Waals surface area contributed by atoms with E-state index in [4.69, 9.17) is 9.47 Å². The summed E-state index contributed by atoms with van der Waals surface area (Å²) < 4.78 is 12.4. The number of benzene rings is 1. The average Bonchev–Trinajstić information content (AvgIpc) is 3.20. The van der Waals surface area contributed by atoms with Gasteiger partial charge in [-0.3, -0.25) is 4.90 Å². The van der Waals surface area contributed by atoms with Crippen LogP contribution in [0.2, 0.25) is 0 Å². The monoisotopic (exact) mass is 388 g/mol. The highest BCUT2D eigenvalue weighted by Crippen LogP contribution is 2.42. The maximum Gasteiger partial charge on any atom is 0.230 e. The Kier molecular flexibility index (Phi) is 4.92. The Labute approximate surface area is 162 Å². The van der Waals surface area contributed by atoms with Crippen molar-refractivity contribution in [1.29, 1.82) is 0 Å². The molecule has 8 heteroatoms. The third-order valence-corrected chi connectivity index (χ3v) is 6.11. The molecule has 1 atom stereocenters. The van der Waals surface area contributed by atoms with E-state index in [1.807, 2.05) is 25.1 Å². The molecule has 1 aliphatic rings. The Bertz CT molecular complexity index is 946. The summed E-state index contributed by atoms with van der Waals surface area (Å²) in [6, 6.07) is 5.89. The molecule has 144 valence electrons. The van der Waals surface area contributed by atoms with Crippen molar-refractivity contribution in [3.05, 3.63) is 34.5 Å². The van der Waals surface area contributed by atoms with Crippen molar-refractivity contribution in [2.45, 2.75) is 32.2 Å². The highest BCUT2D eigenvalue weighted by Gasteiger charge is 2.31. The summed E-state index contributed by atoms with van der Waals surface area (Å²) in [4.78, 5) is 8.41. The fraction of sp³-hybridized carbons (Fsp3) is 0.474. The minimum absolute atomic E-state index is 0.0705. The third-order valence-electron chi connectivity index (χ3n) is 5.03. The Morgan fingerprint density at radius 2 is 1.85 bits per heavy atom. The number of rotatable bonds is 5. The fourth-order valence-corrected chi connectivity index (χ4v) is 4.92. The first-order valence-corrected chi connectivity index (χ1v) is 9.95. The van der Waals surface area contributed by atoms with E-state index in [1.54, 1.807) is 14.2 Å². The van der Waals surface area contributed by atoms with E-state index >= 15 is 0 Å². The number of aromatic nitrogens is 3. The number of piperidine rings is 1. The highest BCUT2D eigenvalue weighted by molar-refractivity contribution is 7.17. The van der Waals surface area contributed by atoms with E-state index in [1.165, 1.54) is 22.3 Å². The smallest absolute Gasteiger partial charge is 0.230 e. The molecule has 0 bridgehead atoms. The van der Waals surface area contributed by atoms with Crippen LogP contribution in [0.3, 0.4) is 0 Å². The largest absolute Gasteiger partial charge is 0.493 e. The van der Waals surface area contributed by atoms with Crippen LogP contribution in [0.4, 0.5) is 0 Å². The normalized spacial score (nSPS) is 16.6. The maximum absolute atomic E-state index is 10.9. The highest BCUT2D eigenvalue weighted by atomic mass is 32.1. The molecule has 27 heavy (non-hydrogen) atoms. The Hall–Kier alpha value is -2.32. The second kappa shape index (κ2) is 7.36. The van der Waals surface area contributed by atoms with E-state index < -0.39 is 0 Å². The molecule has 1 fully saturated rings. The van der Waals surface area contributed by atoms with E-state index in [2.05, 4.69) is 15.0 Å². The molecule has 3 heterocycles. The molecule has 0 amide bonds. The lowest BCUT2D eigenvalue weighted by Gasteiger charge is -2.34.